The molecular formula is C33H48N2O10S. The predicted molar refractivity (Wildman–Crippen MR) is 175 cm³/mol. The van der Waals surface area contributed by atoms with Gasteiger partial charge in [0.2, 0.25) is 5.91 Å². The first-order valence-corrected chi connectivity index (χ1v) is 16.4. The van der Waals surface area contributed by atoms with Gasteiger partial charge in [0.05, 0.1) is 6.10 Å². The molecule has 5 N–H and O–H groups in total. The molecule has 12 nitrogen and oxygen atoms in total. The maximum atomic E-state index is 12.8. The van der Waals surface area contributed by atoms with E-state index in [4.69, 9.17) is 19.4 Å². The zero-order valence-corrected chi connectivity index (χ0v) is 27.9. The lowest BCUT2D eigenvalue weighted by Crippen LogP contribution is -2.32. The monoisotopic (exact) mass is 664 g/mol. The van der Waals surface area contributed by atoms with Crippen LogP contribution in [0.25, 0.3) is 0 Å². The van der Waals surface area contributed by atoms with Crippen molar-refractivity contribution in [3.05, 3.63) is 83.7 Å². The molecule has 0 aromatic rings. The van der Waals surface area contributed by atoms with E-state index >= 15 is 0 Å². The normalized spacial score (nSPS) is 23.6. The second-order valence-corrected chi connectivity index (χ2v) is 12.3. The molecule has 0 spiro atoms. The van der Waals surface area contributed by atoms with Crippen molar-refractivity contribution in [2.75, 3.05) is 0 Å². The number of hydrogen-bond donors (Lipinski definition) is 4. The fraction of sp³-hybridized carbons (Fsp3) is 0.485. The molecule has 2 amide bonds. The Kier molecular flexibility index (Phi) is 18.5. The van der Waals surface area contributed by atoms with E-state index in [0.29, 0.717) is 25.7 Å². The summed E-state index contributed by atoms with van der Waals surface area (Å²) in [6, 6.07) is 0. The minimum Gasteiger partial charge on any atom is -0.458 e. The van der Waals surface area contributed by atoms with Crippen LogP contribution in [0, 0.1) is 5.92 Å². The lowest BCUT2D eigenvalue weighted by molar-refractivity contribution is -0.144. The number of cyclic esters (lactones) is 1. The number of aliphatic hydroxyl groups is 1. The maximum absolute atomic E-state index is 12.8. The number of esters is 1. The average Bonchev–Trinajstić information content (AvgIpc) is 2.92. The summed E-state index contributed by atoms with van der Waals surface area (Å²) < 4.78 is 47.5. The predicted octanol–water partition coefficient (Wildman–Crippen LogP) is 5.06. The molecule has 46 heavy (non-hydrogen) atoms. The summed E-state index contributed by atoms with van der Waals surface area (Å²) in [4.78, 5) is 36.0. The average molecular weight is 665 g/mol. The molecule has 256 valence electrons. The number of carbonyl (C=O) groups is 3. The van der Waals surface area contributed by atoms with Crippen molar-refractivity contribution in [1.82, 2.24) is 5.32 Å². The lowest BCUT2D eigenvalue weighted by atomic mass is 9.95. The minimum absolute atomic E-state index is 0.141. The topological polar surface area (TPSA) is 192 Å². The highest BCUT2D eigenvalue weighted by molar-refractivity contribution is 7.80. The molecule has 0 unspecified atom stereocenters. The van der Waals surface area contributed by atoms with Gasteiger partial charge in [-0.15, -0.1) is 0 Å². The number of nitrogens with two attached hydrogens (primary N) is 1. The van der Waals surface area contributed by atoms with Gasteiger partial charge >= 0.3 is 22.5 Å². The third-order valence-corrected chi connectivity index (χ3v) is 7.05. The summed E-state index contributed by atoms with van der Waals surface area (Å²) in [5.41, 5.74) is 7.81. The highest BCUT2D eigenvalue weighted by atomic mass is 32.3. The number of amides is 2. The van der Waals surface area contributed by atoms with E-state index in [0.717, 1.165) is 16.7 Å². The summed E-state index contributed by atoms with van der Waals surface area (Å²) in [5.74, 6) is -0.950. The van der Waals surface area contributed by atoms with Gasteiger partial charge in [0.1, 0.15) is 18.3 Å². The Morgan fingerprint density at radius 3 is 2.52 bits per heavy atom. The van der Waals surface area contributed by atoms with Gasteiger partial charge in [0.15, 0.2) is 0 Å². The molecule has 0 fully saturated rings. The van der Waals surface area contributed by atoms with E-state index in [1.54, 1.807) is 30.5 Å². The molecule has 0 saturated heterocycles. The van der Waals surface area contributed by atoms with Crippen LogP contribution in [0.5, 0.6) is 0 Å². The van der Waals surface area contributed by atoms with Crippen LogP contribution in [-0.4, -0.2) is 60.5 Å². The number of hydrogen-bond acceptors (Lipinski definition) is 9. The quantitative estimate of drug-likeness (QED) is 0.0897. The second kappa shape index (κ2) is 21.1. The first-order valence-electron chi connectivity index (χ1n) is 15.0. The second-order valence-electron chi connectivity index (χ2n) is 11.3. The van der Waals surface area contributed by atoms with Gasteiger partial charge in [-0.1, -0.05) is 66.2 Å². The number of allylic oxidation sites excluding steroid dienone is 7. The Labute approximate surface area is 272 Å². The van der Waals surface area contributed by atoms with Gasteiger partial charge in [0.25, 0.3) is 0 Å². The van der Waals surface area contributed by atoms with Crippen molar-refractivity contribution in [1.29, 1.82) is 0 Å². The molecule has 13 heteroatoms. The molecule has 1 aliphatic heterocycles. The van der Waals surface area contributed by atoms with Crippen LogP contribution in [0.1, 0.15) is 73.1 Å². The minimum atomic E-state index is -4.78. The number of carbonyl (C=O) groups excluding carboxylic acids is 3. The van der Waals surface area contributed by atoms with Crippen LogP contribution in [0.4, 0.5) is 4.79 Å². The Balaban J connectivity index is 3.23. The molecule has 0 aromatic heterocycles. The molecular weight excluding hydrogens is 616 g/mol. The van der Waals surface area contributed by atoms with E-state index in [1.165, 1.54) is 24.3 Å². The maximum Gasteiger partial charge on any atom is 0.404 e. The van der Waals surface area contributed by atoms with Crippen molar-refractivity contribution >= 4 is 28.4 Å². The van der Waals surface area contributed by atoms with Crippen molar-refractivity contribution in [2.45, 2.75) is 97.6 Å². The van der Waals surface area contributed by atoms with Gasteiger partial charge in [-0.25, -0.2) is 13.8 Å². The summed E-state index contributed by atoms with van der Waals surface area (Å²) in [6.07, 6.45) is 14.4. The molecule has 0 saturated carbocycles. The number of nitrogens with one attached hydrogen (secondary N) is 1. The van der Waals surface area contributed by atoms with E-state index < -0.39 is 46.9 Å². The van der Waals surface area contributed by atoms with E-state index in [-0.39, 0.29) is 24.7 Å². The first-order chi connectivity index (χ1) is 21.6. The van der Waals surface area contributed by atoms with Crippen molar-refractivity contribution in [2.24, 2.45) is 11.7 Å². The fourth-order valence-corrected chi connectivity index (χ4v) is 4.87. The zero-order valence-electron chi connectivity index (χ0n) is 27.1. The van der Waals surface area contributed by atoms with Crippen molar-refractivity contribution in [3.8, 4) is 0 Å². The lowest BCUT2D eigenvalue weighted by Gasteiger charge is -2.22. The van der Waals surface area contributed by atoms with Crippen molar-refractivity contribution in [3.63, 3.8) is 0 Å². The summed E-state index contributed by atoms with van der Waals surface area (Å²) >= 11 is 0. The Morgan fingerprint density at radius 1 is 1.15 bits per heavy atom. The van der Waals surface area contributed by atoms with Crippen LogP contribution in [0.15, 0.2) is 83.7 Å². The molecule has 1 rings (SSSR count). The molecule has 1 heterocycles. The highest BCUT2D eigenvalue weighted by Gasteiger charge is 2.22. The first kappa shape index (κ1) is 40.2. The summed E-state index contributed by atoms with van der Waals surface area (Å²) in [5, 5.41) is 13.3. The SMILES string of the molecule is CC(C)=CC(=O)N/C=C/C(C)=C/[C@@H](C)[C@H]1CC(C)=CC=CCC[C@H](OS(=O)(=O)O)C=C[C@@H](O)[C@@H](OC(N)=O)CCCC=CC(=O)O1. The molecule has 0 aliphatic carbocycles. The van der Waals surface area contributed by atoms with Gasteiger partial charge in [-0.3, -0.25) is 9.35 Å². The summed E-state index contributed by atoms with van der Waals surface area (Å²) in [7, 11) is -4.78. The number of aliphatic hydroxyl groups excluding tert-OH is 1. The highest BCUT2D eigenvalue weighted by Crippen LogP contribution is 2.21. The van der Waals surface area contributed by atoms with Crippen LogP contribution in [0.3, 0.4) is 0 Å². The standard InChI is InChI=1S/C33H48N2O10S/c1-23(2)20-31(37)35-19-18-25(4)21-26(5)30-22-24(3)12-8-6-9-13-27(45-46(40,41)42)16-17-28(36)29(44-33(34)39)14-10-7-11-15-32(38)43-30/h6,8,11-12,15-21,26-30,36H,7,9-10,13-14,22H2,1-5H3,(H2,34,39)(H,35,37)(H,40,41,42)/b8-6?,15-11?,17-16?,19-18+,24-12?,25-21+/t26-,27+,28-,29+,30-/m1/s1. The van der Waals surface area contributed by atoms with Gasteiger partial charge in [-0.2, -0.15) is 8.42 Å². The smallest absolute Gasteiger partial charge is 0.404 e. The van der Waals surface area contributed by atoms with Gasteiger partial charge < -0.3 is 25.6 Å². The third kappa shape index (κ3) is 19.6. The molecule has 5 atom stereocenters. The Bertz CT molecular complexity index is 1340. The van der Waals surface area contributed by atoms with Crippen LogP contribution >= 0.6 is 0 Å². The summed E-state index contributed by atoms with van der Waals surface area (Å²) in [6.45, 7) is 9.36. The number of ether oxygens (including phenoxy) is 2. The molecule has 0 radical (unpaired) electrons. The van der Waals surface area contributed by atoms with E-state index in [9.17, 15) is 32.5 Å². The zero-order chi connectivity index (χ0) is 34.7. The van der Waals surface area contributed by atoms with Crippen LogP contribution < -0.4 is 11.1 Å². The number of rotatable bonds is 8. The largest absolute Gasteiger partial charge is 0.458 e. The third-order valence-electron chi connectivity index (χ3n) is 6.56. The van der Waals surface area contributed by atoms with E-state index in [1.807, 2.05) is 46.8 Å². The van der Waals surface area contributed by atoms with Gasteiger partial charge in [0, 0.05) is 30.7 Å². The molecule has 1 aliphatic rings. The van der Waals surface area contributed by atoms with Crippen LogP contribution in [0.2, 0.25) is 0 Å². The van der Waals surface area contributed by atoms with Crippen molar-refractivity contribution < 1.29 is 46.1 Å². The van der Waals surface area contributed by atoms with E-state index in [2.05, 4.69) is 5.32 Å². The molecule has 0 aromatic carbocycles. The fourth-order valence-electron chi connectivity index (χ4n) is 4.39. The Hall–Kier alpha value is -3.78. The van der Waals surface area contributed by atoms with Gasteiger partial charge in [-0.05, 0) is 65.9 Å². The van der Waals surface area contributed by atoms with Crippen LogP contribution in [-0.2, 0) is 33.6 Å². The Morgan fingerprint density at radius 2 is 1.87 bits per heavy atom. The number of primary amides is 1. The molecule has 0 bridgehead atoms.